The molecule has 1 aromatic rings. The van der Waals surface area contributed by atoms with Crippen molar-refractivity contribution in [3.63, 3.8) is 0 Å². The maximum absolute atomic E-state index is 12.5. The molecule has 0 bridgehead atoms. The van der Waals surface area contributed by atoms with Gasteiger partial charge in [-0.15, -0.1) is 0 Å². The van der Waals surface area contributed by atoms with E-state index in [-0.39, 0.29) is 12.6 Å². The van der Waals surface area contributed by atoms with Crippen molar-refractivity contribution in [1.82, 2.24) is 4.90 Å². The smallest absolute Gasteiger partial charge is 0.395 e. The van der Waals surface area contributed by atoms with Gasteiger partial charge in [-0.3, -0.25) is 4.90 Å². The SMILES string of the molecule is OCC1CCCCCN1Cc1ccc(C(F)(F)F)cc1. The van der Waals surface area contributed by atoms with Crippen LogP contribution >= 0.6 is 0 Å². The summed E-state index contributed by atoms with van der Waals surface area (Å²) < 4.78 is 37.5. The van der Waals surface area contributed by atoms with Crippen LogP contribution in [0, 0.1) is 0 Å². The molecule has 2 nitrogen and oxygen atoms in total. The fourth-order valence-electron chi connectivity index (χ4n) is 2.69. The van der Waals surface area contributed by atoms with E-state index in [0.717, 1.165) is 49.9 Å². The second-order valence-corrected chi connectivity index (χ2v) is 5.35. The molecule has 1 heterocycles. The van der Waals surface area contributed by atoms with Gasteiger partial charge in [0.05, 0.1) is 12.2 Å². The first kappa shape index (κ1) is 15.3. The quantitative estimate of drug-likeness (QED) is 0.920. The number of aliphatic hydroxyl groups is 1. The molecule has 5 heteroatoms. The monoisotopic (exact) mass is 287 g/mol. The van der Waals surface area contributed by atoms with Gasteiger partial charge in [0.25, 0.3) is 0 Å². The molecule has 0 saturated carbocycles. The van der Waals surface area contributed by atoms with E-state index in [1.165, 1.54) is 12.1 Å². The Morgan fingerprint density at radius 3 is 2.40 bits per heavy atom. The fraction of sp³-hybridized carbons (Fsp3) is 0.600. The standard InChI is InChI=1S/C15H20F3NO/c16-15(17,18)13-7-5-12(6-8-13)10-19-9-3-1-2-4-14(19)11-20/h5-8,14,20H,1-4,9-11H2. The largest absolute Gasteiger partial charge is 0.416 e. The number of hydrogen-bond donors (Lipinski definition) is 1. The molecule has 2 rings (SSSR count). The van der Waals surface area contributed by atoms with Crippen LogP contribution in [0.3, 0.4) is 0 Å². The predicted octanol–water partition coefficient (Wildman–Crippen LogP) is 3.44. The highest BCUT2D eigenvalue weighted by Crippen LogP contribution is 2.29. The molecule has 0 radical (unpaired) electrons. The Morgan fingerprint density at radius 2 is 1.80 bits per heavy atom. The van der Waals surface area contributed by atoms with Crippen molar-refractivity contribution in [2.24, 2.45) is 0 Å². The summed E-state index contributed by atoms with van der Waals surface area (Å²) in [6, 6.07) is 5.44. The van der Waals surface area contributed by atoms with Crippen molar-refractivity contribution >= 4 is 0 Å². The van der Waals surface area contributed by atoms with Crippen molar-refractivity contribution in [1.29, 1.82) is 0 Å². The molecular weight excluding hydrogens is 267 g/mol. The molecule has 0 aliphatic carbocycles. The third kappa shape index (κ3) is 3.96. The van der Waals surface area contributed by atoms with Gasteiger partial charge in [0, 0.05) is 12.6 Å². The number of hydrogen-bond acceptors (Lipinski definition) is 2. The molecule has 112 valence electrons. The van der Waals surface area contributed by atoms with Crippen LogP contribution in [0.25, 0.3) is 0 Å². The zero-order chi connectivity index (χ0) is 14.6. The van der Waals surface area contributed by atoms with Gasteiger partial charge in [-0.2, -0.15) is 13.2 Å². The summed E-state index contributed by atoms with van der Waals surface area (Å²) in [6.45, 7) is 1.61. The van der Waals surface area contributed by atoms with E-state index in [4.69, 9.17) is 0 Å². The van der Waals surface area contributed by atoms with Crippen LogP contribution in [-0.4, -0.2) is 29.2 Å². The predicted molar refractivity (Wildman–Crippen MR) is 71.2 cm³/mol. The van der Waals surface area contributed by atoms with Gasteiger partial charge in [-0.05, 0) is 37.1 Å². The Labute approximate surface area is 117 Å². The molecule has 1 aliphatic heterocycles. The third-order valence-electron chi connectivity index (χ3n) is 3.88. The van der Waals surface area contributed by atoms with E-state index < -0.39 is 11.7 Å². The van der Waals surface area contributed by atoms with E-state index >= 15 is 0 Å². The van der Waals surface area contributed by atoms with Gasteiger partial charge in [0.1, 0.15) is 0 Å². The van der Waals surface area contributed by atoms with E-state index in [9.17, 15) is 18.3 Å². The van der Waals surface area contributed by atoms with Gasteiger partial charge >= 0.3 is 6.18 Å². The number of rotatable bonds is 3. The highest BCUT2D eigenvalue weighted by atomic mass is 19.4. The molecule has 1 fully saturated rings. The van der Waals surface area contributed by atoms with Gasteiger partial charge in [0.15, 0.2) is 0 Å². The lowest BCUT2D eigenvalue weighted by molar-refractivity contribution is -0.137. The zero-order valence-electron chi connectivity index (χ0n) is 11.4. The molecule has 1 atom stereocenters. The second kappa shape index (κ2) is 6.59. The topological polar surface area (TPSA) is 23.5 Å². The molecule has 20 heavy (non-hydrogen) atoms. The van der Waals surface area contributed by atoms with Crippen LogP contribution in [0.15, 0.2) is 24.3 Å². The average Bonchev–Trinajstić information content (AvgIpc) is 2.63. The number of likely N-dealkylation sites (tertiary alicyclic amines) is 1. The summed E-state index contributed by atoms with van der Waals surface area (Å²) in [6.07, 6.45) is 0.0117. The van der Waals surface area contributed by atoms with E-state index in [2.05, 4.69) is 4.90 Å². The summed E-state index contributed by atoms with van der Waals surface area (Å²) in [5.74, 6) is 0. The van der Waals surface area contributed by atoms with E-state index in [1.54, 1.807) is 0 Å². The first-order valence-corrected chi connectivity index (χ1v) is 7.02. The van der Waals surface area contributed by atoms with Crippen molar-refractivity contribution in [3.05, 3.63) is 35.4 Å². The minimum Gasteiger partial charge on any atom is -0.395 e. The molecule has 0 spiro atoms. The molecule has 1 saturated heterocycles. The molecule has 0 aromatic heterocycles. The number of benzene rings is 1. The number of nitrogens with zero attached hydrogens (tertiary/aromatic N) is 1. The van der Waals surface area contributed by atoms with E-state index in [0.29, 0.717) is 6.54 Å². The zero-order valence-corrected chi connectivity index (χ0v) is 11.4. The molecule has 0 amide bonds. The van der Waals surface area contributed by atoms with Crippen molar-refractivity contribution in [3.8, 4) is 0 Å². The maximum Gasteiger partial charge on any atom is 0.416 e. The van der Waals surface area contributed by atoms with Crippen LogP contribution in [0.5, 0.6) is 0 Å². The van der Waals surface area contributed by atoms with Crippen LogP contribution in [0.1, 0.15) is 36.8 Å². The first-order chi connectivity index (χ1) is 9.50. The minimum atomic E-state index is -4.28. The summed E-state index contributed by atoms with van der Waals surface area (Å²) in [7, 11) is 0. The molecule has 1 aliphatic rings. The lowest BCUT2D eigenvalue weighted by Crippen LogP contribution is -2.36. The number of halogens is 3. The van der Waals surface area contributed by atoms with Crippen LogP contribution < -0.4 is 0 Å². The molecular formula is C15H20F3NO. The Kier molecular flexibility index (Phi) is 5.05. The Morgan fingerprint density at radius 1 is 1.10 bits per heavy atom. The van der Waals surface area contributed by atoms with Gasteiger partial charge in [-0.25, -0.2) is 0 Å². The lowest BCUT2D eigenvalue weighted by Gasteiger charge is -2.28. The Bertz CT molecular complexity index is 416. The fourth-order valence-corrected chi connectivity index (χ4v) is 2.69. The first-order valence-electron chi connectivity index (χ1n) is 7.02. The van der Waals surface area contributed by atoms with Crippen molar-refractivity contribution in [2.75, 3.05) is 13.2 Å². The van der Waals surface area contributed by atoms with Gasteiger partial charge < -0.3 is 5.11 Å². The third-order valence-corrected chi connectivity index (χ3v) is 3.88. The van der Waals surface area contributed by atoms with Crippen molar-refractivity contribution in [2.45, 2.75) is 44.4 Å². The number of aliphatic hydroxyl groups excluding tert-OH is 1. The number of alkyl halides is 3. The van der Waals surface area contributed by atoms with Gasteiger partial charge in [0.2, 0.25) is 0 Å². The molecule has 1 N–H and O–H groups in total. The molecule has 1 aromatic carbocycles. The maximum atomic E-state index is 12.5. The van der Waals surface area contributed by atoms with Crippen LogP contribution in [-0.2, 0) is 12.7 Å². The summed E-state index contributed by atoms with van der Waals surface area (Å²) in [4.78, 5) is 2.18. The van der Waals surface area contributed by atoms with Gasteiger partial charge in [-0.1, -0.05) is 25.0 Å². The summed E-state index contributed by atoms with van der Waals surface area (Å²) >= 11 is 0. The highest BCUT2D eigenvalue weighted by Gasteiger charge is 2.30. The van der Waals surface area contributed by atoms with Crippen LogP contribution in [0.2, 0.25) is 0 Å². The van der Waals surface area contributed by atoms with Crippen molar-refractivity contribution < 1.29 is 18.3 Å². The summed E-state index contributed by atoms with van der Waals surface area (Å²) in [5.41, 5.74) is 0.245. The molecule has 1 unspecified atom stereocenters. The Balaban J connectivity index is 2.04. The van der Waals surface area contributed by atoms with Crippen LogP contribution in [0.4, 0.5) is 13.2 Å². The minimum absolute atomic E-state index is 0.112. The highest BCUT2D eigenvalue weighted by molar-refractivity contribution is 5.24. The Hall–Kier alpha value is -1.07. The summed E-state index contributed by atoms with van der Waals surface area (Å²) in [5, 5.41) is 9.42. The normalized spacial score (nSPS) is 21.7. The lowest BCUT2D eigenvalue weighted by atomic mass is 10.1. The second-order valence-electron chi connectivity index (χ2n) is 5.35. The van der Waals surface area contributed by atoms with E-state index in [1.807, 2.05) is 0 Å². The average molecular weight is 287 g/mol.